The van der Waals surface area contributed by atoms with E-state index in [4.69, 9.17) is 25.8 Å². The number of carbonyl (C=O) groups excluding carboxylic acids is 1. The number of benzene rings is 2. The molecule has 25 heavy (non-hydrogen) atoms. The Hall–Kier alpha value is -2.60. The van der Waals surface area contributed by atoms with Crippen molar-refractivity contribution in [2.24, 2.45) is 0 Å². The van der Waals surface area contributed by atoms with E-state index in [0.29, 0.717) is 34.5 Å². The van der Waals surface area contributed by atoms with Gasteiger partial charge in [0, 0.05) is 24.7 Å². The van der Waals surface area contributed by atoms with Crippen LogP contribution >= 0.6 is 11.6 Å². The van der Waals surface area contributed by atoms with Gasteiger partial charge in [0.25, 0.3) is 0 Å². The summed E-state index contributed by atoms with van der Waals surface area (Å²) in [6.45, 7) is 0.459. The lowest BCUT2D eigenvalue weighted by Crippen LogP contribution is -2.16. The van der Waals surface area contributed by atoms with Gasteiger partial charge in [-0.25, -0.2) is 0 Å². The third-order valence-electron chi connectivity index (χ3n) is 3.51. The van der Waals surface area contributed by atoms with E-state index >= 15 is 0 Å². The Balaban J connectivity index is 1.90. The molecule has 0 aromatic heterocycles. The summed E-state index contributed by atoms with van der Waals surface area (Å²) >= 11 is 6.07. The molecule has 2 rings (SSSR count). The summed E-state index contributed by atoms with van der Waals surface area (Å²) in [6.07, 6.45) is 0.282. The summed E-state index contributed by atoms with van der Waals surface area (Å²) in [5.41, 5.74) is 1.39. The summed E-state index contributed by atoms with van der Waals surface area (Å²) in [6, 6.07) is 10.6. The third-order valence-corrected chi connectivity index (χ3v) is 3.81. The van der Waals surface area contributed by atoms with Gasteiger partial charge < -0.3 is 24.8 Å². The first-order valence-electron chi connectivity index (χ1n) is 7.66. The molecule has 0 saturated heterocycles. The Morgan fingerprint density at radius 1 is 1.00 bits per heavy atom. The molecule has 0 radical (unpaired) electrons. The van der Waals surface area contributed by atoms with Crippen LogP contribution in [-0.2, 0) is 4.79 Å². The smallest absolute Gasteiger partial charge is 0.226 e. The maximum atomic E-state index is 12.1. The van der Waals surface area contributed by atoms with E-state index in [-0.39, 0.29) is 12.3 Å². The first-order valence-corrected chi connectivity index (χ1v) is 8.04. The normalized spacial score (nSPS) is 10.1. The van der Waals surface area contributed by atoms with Crippen LogP contribution in [0.4, 0.5) is 11.4 Å². The van der Waals surface area contributed by atoms with Crippen LogP contribution in [0.15, 0.2) is 36.4 Å². The molecule has 134 valence electrons. The molecule has 0 fully saturated rings. The van der Waals surface area contributed by atoms with Gasteiger partial charge >= 0.3 is 0 Å². The van der Waals surface area contributed by atoms with Gasteiger partial charge in [0.05, 0.1) is 32.0 Å². The van der Waals surface area contributed by atoms with Gasteiger partial charge in [-0.15, -0.1) is 0 Å². The minimum absolute atomic E-state index is 0.140. The predicted octanol–water partition coefficient (Wildman–Crippen LogP) is 3.81. The topological polar surface area (TPSA) is 68.8 Å². The molecule has 0 aliphatic carbocycles. The molecule has 7 heteroatoms. The van der Waals surface area contributed by atoms with Crippen molar-refractivity contribution in [1.82, 2.24) is 0 Å². The molecule has 0 saturated carbocycles. The molecule has 0 bridgehead atoms. The molecule has 0 heterocycles. The van der Waals surface area contributed by atoms with Gasteiger partial charge in [-0.2, -0.15) is 0 Å². The number of rotatable bonds is 8. The van der Waals surface area contributed by atoms with E-state index in [9.17, 15) is 4.79 Å². The zero-order valence-corrected chi connectivity index (χ0v) is 15.1. The summed E-state index contributed by atoms with van der Waals surface area (Å²) in [5.74, 6) is 1.68. The highest BCUT2D eigenvalue weighted by molar-refractivity contribution is 6.32. The molecule has 2 aromatic carbocycles. The average Bonchev–Trinajstić information content (AvgIpc) is 2.61. The van der Waals surface area contributed by atoms with Crippen molar-refractivity contribution in [2.45, 2.75) is 6.42 Å². The van der Waals surface area contributed by atoms with E-state index in [1.165, 1.54) is 0 Å². The SMILES string of the molecule is COc1ccc(OC)c(NC(=O)CCNc2ccc(OC)c(Cl)c2)c1. The summed E-state index contributed by atoms with van der Waals surface area (Å²) in [7, 11) is 4.68. The molecule has 1 amide bonds. The van der Waals surface area contributed by atoms with E-state index < -0.39 is 0 Å². The number of ether oxygens (including phenoxy) is 3. The molecule has 0 aliphatic heterocycles. The zero-order chi connectivity index (χ0) is 18.2. The fourth-order valence-corrected chi connectivity index (χ4v) is 2.48. The van der Waals surface area contributed by atoms with Gasteiger partial charge in [-0.3, -0.25) is 4.79 Å². The fourth-order valence-electron chi connectivity index (χ4n) is 2.22. The fraction of sp³-hybridized carbons (Fsp3) is 0.278. The summed E-state index contributed by atoms with van der Waals surface area (Å²) in [5, 5.41) is 6.48. The number of halogens is 1. The zero-order valence-electron chi connectivity index (χ0n) is 14.4. The van der Waals surface area contributed by atoms with Crippen molar-refractivity contribution in [3.8, 4) is 17.2 Å². The maximum Gasteiger partial charge on any atom is 0.226 e. The molecule has 0 spiro atoms. The van der Waals surface area contributed by atoms with E-state index in [0.717, 1.165) is 5.69 Å². The van der Waals surface area contributed by atoms with Crippen molar-refractivity contribution >= 4 is 28.9 Å². The Bertz CT molecular complexity index is 737. The van der Waals surface area contributed by atoms with Gasteiger partial charge in [0.1, 0.15) is 17.2 Å². The maximum absolute atomic E-state index is 12.1. The van der Waals surface area contributed by atoms with Crippen LogP contribution < -0.4 is 24.8 Å². The number of carbonyl (C=O) groups is 1. The predicted molar refractivity (Wildman–Crippen MR) is 99.3 cm³/mol. The molecular formula is C18H21ClN2O4. The summed E-state index contributed by atoms with van der Waals surface area (Å²) < 4.78 is 15.5. The van der Waals surface area contributed by atoms with Crippen molar-refractivity contribution in [1.29, 1.82) is 0 Å². The highest BCUT2D eigenvalue weighted by Crippen LogP contribution is 2.29. The van der Waals surface area contributed by atoms with Gasteiger partial charge in [0.2, 0.25) is 5.91 Å². The van der Waals surface area contributed by atoms with Crippen LogP contribution in [0.2, 0.25) is 5.02 Å². The standard InChI is InChI=1S/C18H21ClN2O4/c1-23-13-5-7-17(25-3)15(11-13)21-18(22)8-9-20-12-4-6-16(24-2)14(19)10-12/h4-7,10-11,20H,8-9H2,1-3H3,(H,21,22). The number of anilines is 2. The molecule has 6 nitrogen and oxygen atoms in total. The molecule has 2 aromatic rings. The van der Waals surface area contributed by atoms with E-state index in [2.05, 4.69) is 10.6 Å². The Labute approximate surface area is 152 Å². The highest BCUT2D eigenvalue weighted by atomic mass is 35.5. The minimum atomic E-state index is -0.140. The molecule has 0 atom stereocenters. The van der Waals surface area contributed by atoms with Crippen LogP contribution in [0.5, 0.6) is 17.2 Å². The monoisotopic (exact) mass is 364 g/mol. The molecule has 0 unspecified atom stereocenters. The lowest BCUT2D eigenvalue weighted by Gasteiger charge is -2.12. The van der Waals surface area contributed by atoms with Crippen molar-refractivity contribution in [3.05, 3.63) is 41.4 Å². The number of hydrogen-bond donors (Lipinski definition) is 2. The van der Waals surface area contributed by atoms with Crippen molar-refractivity contribution in [3.63, 3.8) is 0 Å². The molecule has 0 aliphatic rings. The van der Waals surface area contributed by atoms with E-state index in [1.807, 2.05) is 6.07 Å². The lowest BCUT2D eigenvalue weighted by atomic mass is 10.2. The Kier molecular flexibility index (Phi) is 6.77. The lowest BCUT2D eigenvalue weighted by molar-refractivity contribution is -0.116. The van der Waals surface area contributed by atoms with Crippen LogP contribution in [0.3, 0.4) is 0 Å². The molecular weight excluding hydrogens is 344 g/mol. The number of hydrogen-bond acceptors (Lipinski definition) is 5. The first kappa shape index (κ1) is 18.7. The first-order chi connectivity index (χ1) is 12.1. The molecule has 2 N–H and O–H groups in total. The van der Waals surface area contributed by atoms with Crippen LogP contribution in [0.25, 0.3) is 0 Å². The second-order valence-corrected chi connectivity index (χ2v) is 5.55. The Morgan fingerprint density at radius 3 is 2.36 bits per heavy atom. The third kappa shape index (κ3) is 5.19. The number of amides is 1. The van der Waals surface area contributed by atoms with E-state index in [1.54, 1.807) is 51.7 Å². The van der Waals surface area contributed by atoms with Crippen LogP contribution in [0.1, 0.15) is 6.42 Å². The highest BCUT2D eigenvalue weighted by Gasteiger charge is 2.09. The van der Waals surface area contributed by atoms with Gasteiger partial charge in [-0.1, -0.05) is 11.6 Å². The second kappa shape index (κ2) is 9.03. The van der Waals surface area contributed by atoms with Crippen molar-refractivity contribution in [2.75, 3.05) is 38.5 Å². The number of methoxy groups -OCH3 is 3. The van der Waals surface area contributed by atoms with Crippen LogP contribution in [0, 0.1) is 0 Å². The minimum Gasteiger partial charge on any atom is -0.497 e. The average molecular weight is 365 g/mol. The summed E-state index contributed by atoms with van der Waals surface area (Å²) in [4.78, 5) is 12.1. The number of nitrogens with one attached hydrogen (secondary N) is 2. The van der Waals surface area contributed by atoms with Crippen LogP contribution in [-0.4, -0.2) is 33.8 Å². The van der Waals surface area contributed by atoms with Gasteiger partial charge in [-0.05, 0) is 30.3 Å². The van der Waals surface area contributed by atoms with Gasteiger partial charge in [0.15, 0.2) is 0 Å². The Morgan fingerprint density at radius 2 is 1.72 bits per heavy atom. The quantitative estimate of drug-likeness (QED) is 0.745. The van der Waals surface area contributed by atoms with Crippen molar-refractivity contribution < 1.29 is 19.0 Å². The largest absolute Gasteiger partial charge is 0.497 e. The second-order valence-electron chi connectivity index (χ2n) is 5.14.